The molecule has 0 fully saturated rings. The van der Waals surface area contributed by atoms with E-state index in [9.17, 15) is 9.59 Å². The molecule has 0 amide bonds. The van der Waals surface area contributed by atoms with E-state index in [-0.39, 0.29) is 11.1 Å². The van der Waals surface area contributed by atoms with Gasteiger partial charge in [-0.3, -0.25) is 18.4 Å². The van der Waals surface area contributed by atoms with Gasteiger partial charge >= 0.3 is 0 Å². The lowest BCUT2D eigenvalue weighted by molar-refractivity contribution is 1.19. The van der Waals surface area contributed by atoms with E-state index < -0.39 is 0 Å². The summed E-state index contributed by atoms with van der Waals surface area (Å²) in [5.41, 5.74) is 17.6. The summed E-state index contributed by atoms with van der Waals surface area (Å²) in [5.74, 6) is 0. The van der Waals surface area contributed by atoms with Gasteiger partial charge in [0.25, 0.3) is 11.1 Å². The average Bonchev–Trinajstić information content (AvgIpc) is 1.70. The fourth-order valence-electron chi connectivity index (χ4n) is 14.4. The van der Waals surface area contributed by atoms with E-state index in [2.05, 4.69) is 237 Å². The third-order valence-electron chi connectivity index (χ3n) is 18.5. The van der Waals surface area contributed by atoms with E-state index in [0.29, 0.717) is 22.1 Å². The Balaban J connectivity index is 0.000000141. The molecule has 0 spiro atoms. The predicted molar refractivity (Wildman–Crippen MR) is 391 cm³/mol. The molecule has 93 heavy (non-hydrogen) atoms. The van der Waals surface area contributed by atoms with Crippen LogP contribution in [0.3, 0.4) is 0 Å². The van der Waals surface area contributed by atoms with Crippen LogP contribution in [0.1, 0.15) is 6.92 Å². The Labute approximate surface area is 534 Å². The Morgan fingerprint density at radius 3 is 1.31 bits per heavy atom. The Hall–Kier alpha value is -12.4. The Morgan fingerprint density at radius 1 is 0.301 bits per heavy atom. The highest BCUT2D eigenvalue weighted by atomic mass is 16.1. The maximum atomic E-state index is 14.9. The van der Waals surface area contributed by atoms with Crippen molar-refractivity contribution in [2.24, 2.45) is 0 Å². The number of allylic oxidation sites excluding steroid dienone is 1. The first-order valence-corrected chi connectivity index (χ1v) is 31.4. The van der Waals surface area contributed by atoms with E-state index in [1.807, 2.05) is 88.5 Å². The van der Waals surface area contributed by atoms with Gasteiger partial charge < -0.3 is 0 Å². The molecule has 0 aliphatic carbocycles. The number of aromatic nitrogens is 4. The second-order valence-electron chi connectivity index (χ2n) is 23.8. The first-order chi connectivity index (χ1) is 45.9. The van der Waals surface area contributed by atoms with E-state index in [0.717, 1.165) is 132 Å². The van der Waals surface area contributed by atoms with Crippen LogP contribution in [0.4, 0.5) is 0 Å². The number of hydrogen-bond donors (Lipinski definition) is 0. The highest BCUT2D eigenvalue weighted by Crippen LogP contribution is 2.44. The zero-order valence-electron chi connectivity index (χ0n) is 50.8. The first-order valence-electron chi connectivity index (χ1n) is 31.4. The minimum absolute atomic E-state index is 0.0412. The topological polar surface area (TPSA) is 68.7 Å². The summed E-state index contributed by atoms with van der Waals surface area (Å²) in [6.45, 7) is 5.25. The van der Waals surface area contributed by atoms with Crippen LogP contribution in [-0.2, 0) is 0 Å². The Bertz CT molecular complexity index is 6300. The number of rotatable bonds is 6. The molecule has 6 nitrogen and oxygen atoms in total. The lowest BCUT2D eigenvalue weighted by Crippen LogP contribution is -2.13. The summed E-state index contributed by atoms with van der Waals surface area (Å²) in [4.78, 5) is 39.7. The minimum Gasteiger partial charge on any atom is -0.268 e. The number of fused-ring (bicyclic) bond motifs is 11. The lowest BCUT2D eigenvalue weighted by atomic mass is 9.91. The molecule has 0 bridgehead atoms. The predicted octanol–water partition coefficient (Wildman–Crippen LogP) is 21.8. The third kappa shape index (κ3) is 8.86. The highest BCUT2D eigenvalue weighted by molar-refractivity contribution is 6.22. The van der Waals surface area contributed by atoms with Crippen molar-refractivity contribution in [1.82, 2.24) is 18.8 Å². The fourth-order valence-corrected chi connectivity index (χ4v) is 14.4. The van der Waals surface area contributed by atoms with Gasteiger partial charge in [0.1, 0.15) is 11.3 Å². The van der Waals surface area contributed by atoms with Crippen molar-refractivity contribution in [2.75, 3.05) is 0 Å². The van der Waals surface area contributed by atoms with Crippen molar-refractivity contribution in [1.29, 1.82) is 0 Å². The van der Waals surface area contributed by atoms with Crippen molar-refractivity contribution >= 4 is 109 Å². The molecule has 6 heteroatoms. The van der Waals surface area contributed by atoms with Crippen LogP contribution in [0.2, 0.25) is 0 Å². The quantitative estimate of drug-likeness (QED) is 0.156. The number of pyridine rings is 2. The van der Waals surface area contributed by atoms with Crippen LogP contribution >= 0.6 is 0 Å². The zero-order valence-corrected chi connectivity index (χ0v) is 50.8. The summed E-state index contributed by atoms with van der Waals surface area (Å²) in [7, 11) is 0. The smallest absolute Gasteiger partial charge is 0.264 e. The van der Waals surface area contributed by atoms with Gasteiger partial charge in [0.15, 0.2) is 0 Å². The molecular formula is C87H56N4O2. The summed E-state index contributed by atoms with van der Waals surface area (Å²) in [6.07, 6.45) is 1.75. The number of hydrogen-bond acceptors (Lipinski definition) is 4. The zero-order chi connectivity index (χ0) is 62.3. The van der Waals surface area contributed by atoms with Crippen molar-refractivity contribution in [2.45, 2.75) is 6.92 Å². The van der Waals surface area contributed by atoms with Crippen LogP contribution in [0.15, 0.2) is 326 Å². The highest BCUT2D eigenvalue weighted by Gasteiger charge is 2.24. The van der Waals surface area contributed by atoms with Crippen LogP contribution in [-0.4, -0.2) is 18.8 Å². The average molecular weight is 1190 g/mol. The molecule has 0 atom stereocenters. The number of imidazole rings is 2. The van der Waals surface area contributed by atoms with Crippen molar-refractivity contribution in [3.63, 3.8) is 0 Å². The summed E-state index contributed by atoms with van der Waals surface area (Å²) in [5, 5.41) is 14.4. The van der Waals surface area contributed by atoms with Crippen LogP contribution in [0.25, 0.3) is 176 Å². The van der Waals surface area contributed by atoms with E-state index >= 15 is 0 Å². The molecule has 0 radical (unpaired) electrons. The van der Waals surface area contributed by atoms with Gasteiger partial charge in [0.2, 0.25) is 0 Å². The van der Waals surface area contributed by atoms with E-state index in [4.69, 9.17) is 9.97 Å². The first kappa shape index (κ1) is 54.7. The molecular weight excluding hydrogens is 1130 g/mol. The van der Waals surface area contributed by atoms with E-state index in [1.54, 1.807) is 6.08 Å². The standard InChI is InChI=1S/C48H28N2O.C36H22N2O.C3H6/c51-48-42-24-10-23-40-39(37-21-8-15-30-12-2-5-18-34(30)37)25-26-41(45(40)42)47-49-46-43(38-22-9-16-31-13-3-6-19-35(31)38)27-32(28-44(46)50(47)48)36-20-7-14-29-11-1-4-17-33(29)36;39-36-30-20-19-27(24-13-6-2-7-14-24)28-17-10-18-29(33(28)30)35-37-32-22-26(23-11-4-1-5-12-23)21-31(34(32)38(35)36)25-15-8-3-9-16-25;1-3-2/h1-28H;1-22H;3H,1H2,2H3. The maximum absolute atomic E-state index is 14.9. The van der Waals surface area contributed by atoms with Crippen molar-refractivity contribution < 1.29 is 0 Å². The molecule has 0 saturated heterocycles. The van der Waals surface area contributed by atoms with Gasteiger partial charge in [-0.05, 0) is 148 Å². The third-order valence-corrected chi connectivity index (χ3v) is 18.5. The normalized spacial score (nSPS) is 11.6. The van der Waals surface area contributed by atoms with Crippen LogP contribution < -0.4 is 11.1 Å². The van der Waals surface area contributed by atoms with Gasteiger partial charge in [-0.15, -0.1) is 6.58 Å². The van der Waals surface area contributed by atoms with Crippen molar-refractivity contribution in [3.8, 4) is 66.8 Å². The molecule has 0 aliphatic rings. The molecule has 0 aliphatic heterocycles. The second-order valence-corrected chi connectivity index (χ2v) is 23.8. The Morgan fingerprint density at radius 2 is 0.688 bits per heavy atom. The van der Waals surface area contributed by atoms with Gasteiger partial charge in [-0.25, -0.2) is 9.97 Å². The molecule has 4 heterocycles. The van der Waals surface area contributed by atoms with Crippen molar-refractivity contribution in [3.05, 3.63) is 337 Å². The minimum atomic E-state index is -0.0559. The van der Waals surface area contributed by atoms with Gasteiger partial charge in [0.05, 0.1) is 22.1 Å². The van der Waals surface area contributed by atoms with Gasteiger partial charge in [0, 0.05) is 43.4 Å². The van der Waals surface area contributed by atoms with Gasteiger partial charge in [-0.1, -0.05) is 267 Å². The van der Waals surface area contributed by atoms with Crippen LogP contribution in [0.5, 0.6) is 0 Å². The van der Waals surface area contributed by atoms with Gasteiger partial charge in [-0.2, -0.15) is 0 Å². The summed E-state index contributed by atoms with van der Waals surface area (Å²) >= 11 is 0. The Kier molecular flexibility index (Phi) is 13.1. The number of nitrogens with zero attached hydrogens (tertiary/aromatic N) is 4. The SMILES string of the molecule is C=CC.O=c1c2ccc(-c3ccccc3)c3cccc(c32)c2nc3cc(-c4ccccc4)cc(-c4ccccc4)c3n12.O=c1c2cccc3c(-c4cccc5ccccc45)ccc(c32)c2nc3c(-c4cccc5ccccc45)cc(-c4cccc5ccccc45)cc3n12. The second kappa shape index (κ2) is 22.3. The molecule has 19 aromatic rings. The molecule has 0 saturated carbocycles. The molecule has 436 valence electrons. The number of benzene rings is 15. The molecule has 19 rings (SSSR count). The lowest BCUT2D eigenvalue weighted by Gasteiger charge is -2.14. The summed E-state index contributed by atoms with van der Waals surface area (Å²) in [6, 6.07) is 105. The monoisotopic (exact) mass is 1190 g/mol. The maximum Gasteiger partial charge on any atom is 0.264 e. The fraction of sp³-hybridized carbons (Fsp3) is 0.0115. The molecule has 0 unspecified atom stereocenters. The molecule has 4 aromatic heterocycles. The molecule has 15 aromatic carbocycles. The van der Waals surface area contributed by atoms with E-state index in [1.165, 1.54) is 21.5 Å². The molecule has 0 N–H and O–H groups in total. The largest absolute Gasteiger partial charge is 0.268 e. The summed E-state index contributed by atoms with van der Waals surface area (Å²) < 4.78 is 3.68. The van der Waals surface area contributed by atoms with Crippen LogP contribution in [0, 0.1) is 0 Å².